The number of nitrogens with one attached hydrogen (secondary N) is 2. The summed E-state index contributed by atoms with van der Waals surface area (Å²) in [5.74, 6) is 0. The summed E-state index contributed by atoms with van der Waals surface area (Å²) in [6.07, 6.45) is 8.00. The molecule has 0 aliphatic carbocycles. The second-order valence-electron chi connectivity index (χ2n) is 6.26. The Kier molecular flexibility index (Phi) is 12.0. The van der Waals surface area contributed by atoms with Gasteiger partial charge in [0.15, 0.2) is 0 Å². The van der Waals surface area contributed by atoms with Crippen molar-refractivity contribution in [2.24, 2.45) is 0 Å². The highest BCUT2D eigenvalue weighted by atomic mass is 16.6. The van der Waals surface area contributed by atoms with Crippen LogP contribution >= 0.6 is 0 Å². The van der Waals surface area contributed by atoms with Crippen LogP contribution in [0.25, 0.3) is 0 Å². The second kappa shape index (κ2) is 12.6. The van der Waals surface area contributed by atoms with Crippen LogP contribution in [-0.2, 0) is 9.53 Å². The topological polar surface area (TPSA) is 67.4 Å². The van der Waals surface area contributed by atoms with Crippen molar-refractivity contribution in [3.05, 3.63) is 0 Å². The Balaban J connectivity index is 3.19. The van der Waals surface area contributed by atoms with E-state index in [9.17, 15) is 9.59 Å². The molecule has 0 rings (SSSR count). The predicted octanol–water partition coefficient (Wildman–Crippen LogP) is 3.03. The lowest BCUT2D eigenvalue weighted by molar-refractivity contribution is -0.107. The molecular weight excluding hydrogens is 268 g/mol. The maximum atomic E-state index is 11.4. The molecule has 0 aromatic rings. The van der Waals surface area contributed by atoms with Crippen molar-refractivity contribution >= 4 is 12.4 Å². The normalized spacial score (nSPS) is 11.2. The van der Waals surface area contributed by atoms with E-state index in [1.807, 2.05) is 20.8 Å². The minimum atomic E-state index is -0.436. The van der Waals surface area contributed by atoms with Crippen molar-refractivity contribution in [1.82, 2.24) is 10.6 Å². The lowest BCUT2D eigenvalue weighted by Crippen LogP contribution is -2.34. The van der Waals surface area contributed by atoms with E-state index >= 15 is 0 Å². The number of rotatable bonds is 12. The van der Waals surface area contributed by atoms with Gasteiger partial charge in [-0.25, -0.2) is 4.79 Å². The molecule has 124 valence electrons. The number of hydrogen-bond donors (Lipinski definition) is 2. The van der Waals surface area contributed by atoms with E-state index in [4.69, 9.17) is 4.74 Å². The summed E-state index contributed by atoms with van der Waals surface area (Å²) in [6.45, 7) is 8.11. The van der Waals surface area contributed by atoms with Gasteiger partial charge in [0.25, 0.3) is 0 Å². The van der Waals surface area contributed by atoms with Crippen molar-refractivity contribution < 1.29 is 14.3 Å². The molecule has 0 heterocycles. The maximum absolute atomic E-state index is 11.4. The van der Waals surface area contributed by atoms with Gasteiger partial charge in [0.05, 0.1) is 0 Å². The molecule has 0 radical (unpaired) electrons. The second-order valence-corrected chi connectivity index (χ2v) is 6.26. The van der Waals surface area contributed by atoms with Gasteiger partial charge in [-0.05, 0) is 53.1 Å². The van der Waals surface area contributed by atoms with Crippen molar-refractivity contribution in [3.63, 3.8) is 0 Å². The Morgan fingerprint density at radius 1 is 0.952 bits per heavy atom. The molecule has 0 aliphatic rings. The summed E-state index contributed by atoms with van der Waals surface area (Å²) < 4.78 is 5.15. The van der Waals surface area contributed by atoms with Crippen molar-refractivity contribution in [2.75, 3.05) is 19.6 Å². The van der Waals surface area contributed by atoms with Crippen LogP contribution in [0.1, 0.15) is 65.7 Å². The molecule has 0 bridgehead atoms. The van der Waals surface area contributed by atoms with Gasteiger partial charge in [-0.2, -0.15) is 0 Å². The van der Waals surface area contributed by atoms with Crippen molar-refractivity contribution in [3.8, 4) is 0 Å². The minimum Gasteiger partial charge on any atom is -0.444 e. The predicted molar refractivity (Wildman–Crippen MR) is 85.5 cm³/mol. The zero-order valence-electron chi connectivity index (χ0n) is 13.9. The largest absolute Gasteiger partial charge is 0.444 e. The first kappa shape index (κ1) is 19.9. The highest BCUT2D eigenvalue weighted by Crippen LogP contribution is 2.06. The summed E-state index contributed by atoms with van der Waals surface area (Å²) in [6, 6.07) is 0. The summed E-state index contributed by atoms with van der Waals surface area (Å²) in [5.41, 5.74) is -0.436. The summed E-state index contributed by atoms with van der Waals surface area (Å²) >= 11 is 0. The van der Waals surface area contributed by atoms with Crippen LogP contribution < -0.4 is 10.6 Å². The van der Waals surface area contributed by atoms with E-state index in [1.165, 1.54) is 19.3 Å². The average Bonchev–Trinajstić information content (AvgIpc) is 2.38. The van der Waals surface area contributed by atoms with Gasteiger partial charge in [-0.15, -0.1) is 0 Å². The number of ether oxygens (including phenoxy) is 1. The molecule has 0 saturated heterocycles. The molecule has 0 fully saturated rings. The molecule has 21 heavy (non-hydrogen) atoms. The maximum Gasteiger partial charge on any atom is 0.407 e. The van der Waals surface area contributed by atoms with Crippen LogP contribution in [0.5, 0.6) is 0 Å². The van der Waals surface area contributed by atoms with Gasteiger partial charge >= 0.3 is 6.09 Å². The summed E-state index contributed by atoms with van der Waals surface area (Å²) in [4.78, 5) is 21.5. The Bertz CT molecular complexity index is 275. The molecule has 0 aromatic heterocycles. The Morgan fingerprint density at radius 2 is 1.57 bits per heavy atom. The molecule has 5 heteroatoms. The van der Waals surface area contributed by atoms with E-state index < -0.39 is 5.60 Å². The van der Waals surface area contributed by atoms with Gasteiger partial charge in [0.2, 0.25) is 0 Å². The fourth-order valence-corrected chi connectivity index (χ4v) is 1.85. The number of carbonyl (C=O) groups is 2. The number of unbranched alkanes of at least 4 members (excludes halogenated alkanes) is 5. The zero-order valence-corrected chi connectivity index (χ0v) is 13.9. The molecule has 0 aliphatic heterocycles. The minimum absolute atomic E-state index is 0.349. The molecule has 1 amide bonds. The van der Waals surface area contributed by atoms with Gasteiger partial charge in [0, 0.05) is 13.0 Å². The standard InChI is InChI=1S/C16H32N2O3/c1-16(2,3)21-15(20)18-13-10-12-17-11-8-6-4-5-7-9-14-19/h14,17H,4-13H2,1-3H3,(H,18,20). The highest BCUT2D eigenvalue weighted by molar-refractivity contribution is 5.67. The SMILES string of the molecule is CC(C)(C)OC(=O)NCCCNCCCCCCCC=O. The smallest absolute Gasteiger partial charge is 0.407 e. The Morgan fingerprint density at radius 3 is 2.24 bits per heavy atom. The first-order valence-corrected chi connectivity index (χ1v) is 8.07. The number of aldehydes is 1. The van der Waals surface area contributed by atoms with Crippen molar-refractivity contribution in [2.45, 2.75) is 71.3 Å². The molecule has 0 aromatic carbocycles. The molecule has 0 saturated carbocycles. The summed E-state index contributed by atoms with van der Waals surface area (Å²) in [7, 11) is 0. The zero-order chi connectivity index (χ0) is 16.0. The van der Waals surface area contributed by atoms with Crippen LogP contribution in [-0.4, -0.2) is 37.6 Å². The number of carbonyl (C=O) groups excluding carboxylic acids is 2. The van der Waals surface area contributed by atoms with E-state index in [0.717, 1.165) is 38.6 Å². The first-order chi connectivity index (χ1) is 9.95. The first-order valence-electron chi connectivity index (χ1n) is 8.07. The molecule has 5 nitrogen and oxygen atoms in total. The van der Waals surface area contributed by atoms with Crippen molar-refractivity contribution in [1.29, 1.82) is 0 Å². The molecule has 0 unspecified atom stereocenters. The molecule has 2 N–H and O–H groups in total. The van der Waals surface area contributed by atoms with E-state index in [2.05, 4.69) is 10.6 Å². The van der Waals surface area contributed by atoms with Gasteiger partial charge in [0.1, 0.15) is 11.9 Å². The third-order valence-corrected chi connectivity index (χ3v) is 2.87. The van der Waals surface area contributed by atoms with Crippen LogP contribution in [0.3, 0.4) is 0 Å². The van der Waals surface area contributed by atoms with Crippen LogP contribution in [0.4, 0.5) is 4.79 Å². The third-order valence-electron chi connectivity index (χ3n) is 2.87. The molecule has 0 atom stereocenters. The van der Waals surface area contributed by atoms with Crippen LogP contribution in [0, 0.1) is 0 Å². The fourth-order valence-electron chi connectivity index (χ4n) is 1.85. The fraction of sp³-hybridized carbons (Fsp3) is 0.875. The van der Waals surface area contributed by atoms with E-state index in [1.54, 1.807) is 0 Å². The summed E-state index contributed by atoms with van der Waals surface area (Å²) in [5, 5.41) is 6.10. The molecule has 0 spiro atoms. The third kappa shape index (κ3) is 16.8. The quantitative estimate of drug-likeness (QED) is 0.429. The number of amides is 1. The lowest BCUT2D eigenvalue weighted by Gasteiger charge is -2.19. The van der Waals surface area contributed by atoms with E-state index in [0.29, 0.717) is 13.0 Å². The average molecular weight is 300 g/mol. The Labute approximate surface area is 129 Å². The number of alkyl carbamates (subject to hydrolysis) is 1. The lowest BCUT2D eigenvalue weighted by atomic mass is 10.1. The van der Waals surface area contributed by atoms with Crippen LogP contribution in [0.15, 0.2) is 0 Å². The van der Waals surface area contributed by atoms with Gasteiger partial charge < -0.3 is 20.2 Å². The van der Waals surface area contributed by atoms with E-state index in [-0.39, 0.29) is 6.09 Å². The van der Waals surface area contributed by atoms with Gasteiger partial charge in [-0.1, -0.05) is 19.3 Å². The monoisotopic (exact) mass is 300 g/mol. The Hall–Kier alpha value is -1.10. The van der Waals surface area contributed by atoms with Crippen LogP contribution in [0.2, 0.25) is 0 Å². The highest BCUT2D eigenvalue weighted by Gasteiger charge is 2.15. The number of hydrogen-bond acceptors (Lipinski definition) is 4. The molecular formula is C16H32N2O3. The van der Waals surface area contributed by atoms with Gasteiger partial charge in [-0.3, -0.25) is 0 Å².